The zero-order valence-electron chi connectivity index (χ0n) is 18.6. The average Bonchev–Trinajstić information content (AvgIpc) is 3.24. The molecule has 2 aromatic heterocycles. The van der Waals surface area contributed by atoms with Gasteiger partial charge in [-0.15, -0.1) is 0 Å². The van der Waals surface area contributed by atoms with E-state index < -0.39 is 0 Å². The standard InChI is InChI=1S/C23H30N4O4/c1-28-12-11-27-10-9-25-22(27)17-26(16-19-7-5-6-8-24-19)15-18-13-20(29-2)23(31-4)21(14-18)30-3/h5-10,13-14H,11-12,15-17H2,1-4H3. The SMILES string of the molecule is COCCn1ccnc1CN(Cc1cc(OC)c(OC)c(OC)c1)Cc1ccccn1. The van der Waals surface area contributed by atoms with Crippen LogP contribution < -0.4 is 14.2 Å². The van der Waals surface area contributed by atoms with Crippen molar-refractivity contribution < 1.29 is 18.9 Å². The highest BCUT2D eigenvalue weighted by Gasteiger charge is 2.17. The van der Waals surface area contributed by atoms with Crippen molar-refractivity contribution in [3.05, 3.63) is 66.0 Å². The van der Waals surface area contributed by atoms with E-state index in [1.54, 1.807) is 28.4 Å². The molecule has 0 aliphatic heterocycles. The summed E-state index contributed by atoms with van der Waals surface area (Å²) in [6.07, 6.45) is 5.61. The minimum Gasteiger partial charge on any atom is -0.493 e. The van der Waals surface area contributed by atoms with Gasteiger partial charge in [0.1, 0.15) is 5.82 Å². The number of pyridine rings is 1. The Balaban J connectivity index is 1.87. The first-order valence-corrected chi connectivity index (χ1v) is 10.1. The fourth-order valence-electron chi connectivity index (χ4n) is 3.46. The van der Waals surface area contributed by atoms with E-state index in [1.165, 1.54) is 0 Å². The van der Waals surface area contributed by atoms with Crippen LogP contribution in [0.15, 0.2) is 48.9 Å². The normalized spacial score (nSPS) is 11.0. The van der Waals surface area contributed by atoms with Gasteiger partial charge in [0.25, 0.3) is 0 Å². The van der Waals surface area contributed by atoms with Crippen LogP contribution in [-0.4, -0.2) is 54.5 Å². The summed E-state index contributed by atoms with van der Waals surface area (Å²) in [5, 5.41) is 0. The quantitative estimate of drug-likeness (QED) is 0.441. The Hall–Kier alpha value is -3.10. The summed E-state index contributed by atoms with van der Waals surface area (Å²) in [4.78, 5) is 11.3. The lowest BCUT2D eigenvalue weighted by Crippen LogP contribution is -2.25. The minimum absolute atomic E-state index is 0.583. The summed E-state index contributed by atoms with van der Waals surface area (Å²) < 4.78 is 23.8. The number of hydrogen-bond acceptors (Lipinski definition) is 7. The van der Waals surface area contributed by atoms with Gasteiger partial charge in [0.15, 0.2) is 11.5 Å². The Morgan fingerprint density at radius 2 is 1.65 bits per heavy atom. The molecule has 0 radical (unpaired) electrons. The Labute approximate surface area is 183 Å². The second-order valence-corrected chi connectivity index (χ2v) is 7.03. The molecule has 0 fully saturated rings. The highest BCUT2D eigenvalue weighted by Crippen LogP contribution is 2.38. The summed E-state index contributed by atoms with van der Waals surface area (Å²) in [6, 6.07) is 9.90. The molecule has 3 rings (SSSR count). The van der Waals surface area contributed by atoms with E-state index in [-0.39, 0.29) is 0 Å². The van der Waals surface area contributed by atoms with E-state index in [4.69, 9.17) is 18.9 Å². The molecule has 0 amide bonds. The van der Waals surface area contributed by atoms with Crippen molar-refractivity contribution in [2.75, 3.05) is 35.0 Å². The molecule has 0 atom stereocenters. The third kappa shape index (κ3) is 5.96. The van der Waals surface area contributed by atoms with Gasteiger partial charge in [-0.25, -0.2) is 4.98 Å². The molecule has 0 aliphatic carbocycles. The topological polar surface area (TPSA) is 70.9 Å². The molecule has 0 aliphatic rings. The van der Waals surface area contributed by atoms with Crippen LogP contribution in [0, 0.1) is 0 Å². The minimum atomic E-state index is 0.583. The number of benzene rings is 1. The maximum atomic E-state index is 5.52. The van der Waals surface area contributed by atoms with Gasteiger partial charge in [0.2, 0.25) is 5.75 Å². The highest BCUT2D eigenvalue weighted by atomic mass is 16.5. The molecule has 0 unspecified atom stereocenters. The van der Waals surface area contributed by atoms with Crippen molar-refractivity contribution >= 4 is 0 Å². The van der Waals surface area contributed by atoms with Crippen LogP contribution >= 0.6 is 0 Å². The van der Waals surface area contributed by atoms with E-state index in [9.17, 15) is 0 Å². The number of imidazole rings is 1. The molecule has 0 spiro atoms. The van der Waals surface area contributed by atoms with E-state index in [0.717, 1.165) is 23.6 Å². The van der Waals surface area contributed by atoms with Crippen LogP contribution in [0.25, 0.3) is 0 Å². The van der Waals surface area contributed by atoms with Crippen molar-refractivity contribution in [3.63, 3.8) is 0 Å². The average molecular weight is 427 g/mol. The zero-order chi connectivity index (χ0) is 22.1. The van der Waals surface area contributed by atoms with Gasteiger partial charge >= 0.3 is 0 Å². The Morgan fingerprint density at radius 1 is 0.871 bits per heavy atom. The fraction of sp³-hybridized carbons (Fsp3) is 0.391. The van der Waals surface area contributed by atoms with Crippen LogP contribution in [-0.2, 0) is 30.9 Å². The number of methoxy groups -OCH3 is 4. The maximum absolute atomic E-state index is 5.52. The predicted octanol–water partition coefficient (Wildman–Crippen LogP) is 3.15. The lowest BCUT2D eigenvalue weighted by Gasteiger charge is -2.23. The predicted molar refractivity (Wildman–Crippen MR) is 117 cm³/mol. The molecule has 2 heterocycles. The van der Waals surface area contributed by atoms with Crippen molar-refractivity contribution in [2.24, 2.45) is 0 Å². The molecule has 1 aromatic carbocycles. The lowest BCUT2D eigenvalue weighted by atomic mass is 10.1. The first kappa shape index (κ1) is 22.6. The highest BCUT2D eigenvalue weighted by molar-refractivity contribution is 5.53. The van der Waals surface area contributed by atoms with Gasteiger partial charge in [0.05, 0.1) is 40.2 Å². The molecule has 0 saturated heterocycles. The molecular formula is C23H30N4O4. The van der Waals surface area contributed by atoms with Crippen molar-refractivity contribution in [1.82, 2.24) is 19.4 Å². The smallest absolute Gasteiger partial charge is 0.203 e. The summed E-state index contributed by atoms with van der Waals surface area (Å²) in [5.41, 5.74) is 2.03. The van der Waals surface area contributed by atoms with E-state index in [1.807, 2.05) is 48.9 Å². The lowest BCUT2D eigenvalue weighted by molar-refractivity contribution is 0.182. The Bertz CT molecular complexity index is 921. The van der Waals surface area contributed by atoms with Crippen molar-refractivity contribution in [2.45, 2.75) is 26.2 Å². The summed E-state index contributed by atoms with van der Waals surface area (Å²) in [7, 11) is 6.56. The second-order valence-electron chi connectivity index (χ2n) is 7.03. The van der Waals surface area contributed by atoms with Crippen molar-refractivity contribution in [1.29, 1.82) is 0 Å². The summed E-state index contributed by atoms with van der Waals surface area (Å²) in [6.45, 7) is 3.38. The third-order valence-electron chi connectivity index (χ3n) is 4.95. The van der Waals surface area contributed by atoms with E-state index >= 15 is 0 Å². The molecule has 31 heavy (non-hydrogen) atoms. The van der Waals surface area contributed by atoms with Gasteiger partial charge in [-0.3, -0.25) is 9.88 Å². The van der Waals surface area contributed by atoms with Gasteiger partial charge in [-0.05, 0) is 29.8 Å². The molecule has 0 N–H and O–H groups in total. The summed E-state index contributed by atoms with van der Waals surface area (Å²) >= 11 is 0. The van der Waals surface area contributed by atoms with E-state index in [2.05, 4.69) is 19.4 Å². The number of hydrogen-bond donors (Lipinski definition) is 0. The third-order valence-corrected chi connectivity index (χ3v) is 4.95. The number of rotatable bonds is 12. The molecule has 0 bridgehead atoms. The van der Waals surface area contributed by atoms with Gasteiger partial charge in [0, 0.05) is 45.3 Å². The monoisotopic (exact) mass is 426 g/mol. The molecule has 8 heteroatoms. The van der Waals surface area contributed by atoms with Crippen LogP contribution in [0.1, 0.15) is 17.1 Å². The summed E-state index contributed by atoms with van der Waals surface area (Å²) in [5.74, 6) is 2.83. The van der Waals surface area contributed by atoms with Gasteiger partial charge < -0.3 is 23.5 Å². The van der Waals surface area contributed by atoms with Crippen LogP contribution in [0.3, 0.4) is 0 Å². The van der Waals surface area contributed by atoms with Gasteiger partial charge in [-0.2, -0.15) is 0 Å². The van der Waals surface area contributed by atoms with E-state index in [0.29, 0.717) is 43.5 Å². The first-order chi connectivity index (χ1) is 15.2. The molecule has 0 saturated carbocycles. The second kappa shape index (κ2) is 11.3. The number of ether oxygens (including phenoxy) is 4. The Morgan fingerprint density at radius 3 is 2.26 bits per heavy atom. The molecular weight excluding hydrogens is 396 g/mol. The number of aromatic nitrogens is 3. The maximum Gasteiger partial charge on any atom is 0.203 e. The van der Waals surface area contributed by atoms with Crippen molar-refractivity contribution in [3.8, 4) is 17.2 Å². The molecule has 3 aromatic rings. The fourth-order valence-corrected chi connectivity index (χ4v) is 3.46. The molecule has 166 valence electrons. The van der Waals surface area contributed by atoms with Crippen LogP contribution in [0.4, 0.5) is 0 Å². The number of nitrogens with zero attached hydrogens (tertiary/aromatic N) is 4. The largest absolute Gasteiger partial charge is 0.493 e. The van der Waals surface area contributed by atoms with Gasteiger partial charge in [-0.1, -0.05) is 6.07 Å². The first-order valence-electron chi connectivity index (χ1n) is 10.1. The van der Waals surface area contributed by atoms with Crippen LogP contribution in [0.2, 0.25) is 0 Å². The van der Waals surface area contributed by atoms with Crippen LogP contribution in [0.5, 0.6) is 17.2 Å². The molecule has 8 nitrogen and oxygen atoms in total. The zero-order valence-corrected chi connectivity index (χ0v) is 18.6. The Kier molecular flexibility index (Phi) is 8.26.